The Kier molecular flexibility index (Phi) is 6.48. The number of hydrogen-bond acceptors (Lipinski definition) is 3. The van der Waals surface area contributed by atoms with Gasteiger partial charge < -0.3 is 0 Å². The van der Waals surface area contributed by atoms with E-state index in [0.29, 0.717) is 13.1 Å². The van der Waals surface area contributed by atoms with Crippen LogP contribution in [0.25, 0.3) is 0 Å². The monoisotopic (exact) mass is 233 g/mol. The molecule has 0 fully saturated rings. The Morgan fingerprint density at radius 2 is 2.07 bits per heavy atom. The van der Waals surface area contributed by atoms with Crippen LogP contribution in [0.1, 0.15) is 27.2 Å². The van der Waals surface area contributed by atoms with E-state index in [0.717, 1.165) is 0 Å². The van der Waals surface area contributed by atoms with Gasteiger partial charge in [-0.15, -0.1) is 0 Å². The molecule has 0 atom stereocenters. The van der Waals surface area contributed by atoms with E-state index < -0.39 is 10.2 Å². The molecular weight excluding hydrogens is 214 g/mol. The van der Waals surface area contributed by atoms with E-state index in [2.05, 4.69) is 4.72 Å². The summed E-state index contributed by atoms with van der Waals surface area (Å²) in [6.45, 7) is 6.69. The SMILES string of the molecule is CCN(CCC#N)S(=O)(=O)NCC(C)C. The molecule has 5 nitrogen and oxygen atoms in total. The van der Waals surface area contributed by atoms with Crippen molar-refractivity contribution in [3.63, 3.8) is 0 Å². The summed E-state index contributed by atoms with van der Waals surface area (Å²) < 4.78 is 27.1. The number of nitriles is 1. The molecule has 0 amide bonds. The lowest BCUT2D eigenvalue weighted by atomic mass is 10.2. The van der Waals surface area contributed by atoms with Crippen molar-refractivity contribution < 1.29 is 8.42 Å². The van der Waals surface area contributed by atoms with Gasteiger partial charge in [-0.1, -0.05) is 20.8 Å². The summed E-state index contributed by atoms with van der Waals surface area (Å²) in [5.41, 5.74) is 0. The molecule has 15 heavy (non-hydrogen) atoms. The predicted molar refractivity (Wildman–Crippen MR) is 59.2 cm³/mol. The summed E-state index contributed by atoms with van der Waals surface area (Å²) in [6.07, 6.45) is 0.219. The van der Waals surface area contributed by atoms with Crippen LogP contribution in [0.5, 0.6) is 0 Å². The van der Waals surface area contributed by atoms with E-state index >= 15 is 0 Å². The first kappa shape index (κ1) is 14.4. The van der Waals surface area contributed by atoms with Crippen LogP contribution in [0, 0.1) is 17.2 Å². The molecule has 88 valence electrons. The van der Waals surface area contributed by atoms with Crippen LogP contribution in [-0.2, 0) is 10.2 Å². The summed E-state index contributed by atoms with van der Waals surface area (Å²) in [5.74, 6) is 0.273. The summed E-state index contributed by atoms with van der Waals surface area (Å²) in [6, 6.07) is 1.94. The molecule has 0 saturated carbocycles. The molecule has 0 aromatic heterocycles. The third kappa shape index (κ3) is 5.72. The molecule has 0 radical (unpaired) electrons. The Balaban J connectivity index is 4.33. The van der Waals surface area contributed by atoms with Crippen LogP contribution in [0.3, 0.4) is 0 Å². The van der Waals surface area contributed by atoms with Crippen LogP contribution in [-0.4, -0.2) is 32.4 Å². The molecule has 0 unspecified atom stereocenters. The second-order valence-electron chi connectivity index (χ2n) is 3.65. The standard InChI is InChI=1S/C9H19N3O2S/c1-4-12(7-5-6-10)15(13,14)11-8-9(2)3/h9,11H,4-5,7-8H2,1-3H3. The van der Waals surface area contributed by atoms with Gasteiger partial charge in [0.15, 0.2) is 0 Å². The van der Waals surface area contributed by atoms with Gasteiger partial charge in [-0.2, -0.15) is 18.0 Å². The Morgan fingerprint density at radius 3 is 2.47 bits per heavy atom. The molecule has 0 aliphatic heterocycles. The van der Waals surface area contributed by atoms with Crippen molar-refractivity contribution in [3.05, 3.63) is 0 Å². The van der Waals surface area contributed by atoms with Gasteiger partial charge in [0, 0.05) is 26.1 Å². The van der Waals surface area contributed by atoms with Gasteiger partial charge in [0.1, 0.15) is 0 Å². The zero-order valence-electron chi connectivity index (χ0n) is 9.52. The third-order valence-corrected chi connectivity index (χ3v) is 3.49. The molecule has 1 N–H and O–H groups in total. The maximum atomic E-state index is 11.7. The fourth-order valence-corrected chi connectivity index (χ4v) is 2.38. The van der Waals surface area contributed by atoms with Crippen molar-refractivity contribution in [2.24, 2.45) is 5.92 Å². The topological polar surface area (TPSA) is 73.2 Å². The van der Waals surface area contributed by atoms with Gasteiger partial charge in [0.05, 0.1) is 6.07 Å². The van der Waals surface area contributed by atoms with Crippen LogP contribution in [0.2, 0.25) is 0 Å². The smallest absolute Gasteiger partial charge is 0.202 e. The summed E-state index contributed by atoms with van der Waals surface area (Å²) in [7, 11) is -3.41. The molecule has 0 rings (SSSR count). The molecule has 0 saturated heterocycles. The lowest BCUT2D eigenvalue weighted by Crippen LogP contribution is -2.42. The maximum absolute atomic E-state index is 11.7. The van der Waals surface area contributed by atoms with Gasteiger partial charge in [-0.05, 0) is 5.92 Å². The summed E-state index contributed by atoms with van der Waals surface area (Å²) in [4.78, 5) is 0. The fraction of sp³-hybridized carbons (Fsp3) is 0.889. The second-order valence-corrected chi connectivity index (χ2v) is 5.40. The largest absolute Gasteiger partial charge is 0.279 e. The van der Waals surface area contributed by atoms with Crippen molar-refractivity contribution in [1.82, 2.24) is 9.03 Å². The van der Waals surface area contributed by atoms with E-state index in [1.54, 1.807) is 6.92 Å². The molecule has 0 bridgehead atoms. The lowest BCUT2D eigenvalue weighted by molar-refractivity contribution is 0.421. The fourth-order valence-electron chi connectivity index (χ4n) is 0.986. The van der Waals surface area contributed by atoms with Crippen molar-refractivity contribution in [1.29, 1.82) is 5.26 Å². The van der Waals surface area contributed by atoms with E-state index in [1.165, 1.54) is 4.31 Å². The molecule has 0 aromatic carbocycles. The molecule has 0 heterocycles. The minimum absolute atomic E-state index is 0.219. The van der Waals surface area contributed by atoms with E-state index in [4.69, 9.17) is 5.26 Å². The van der Waals surface area contributed by atoms with Gasteiger partial charge in [0.25, 0.3) is 10.2 Å². The first-order valence-electron chi connectivity index (χ1n) is 5.05. The van der Waals surface area contributed by atoms with Crippen LogP contribution in [0.4, 0.5) is 0 Å². The molecule has 0 spiro atoms. The zero-order chi connectivity index (χ0) is 11.9. The van der Waals surface area contributed by atoms with Crippen LogP contribution < -0.4 is 4.72 Å². The Bertz CT molecular complexity index is 306. The number of hydrogen-bond donors (Lipinski definition) is 1. The Hall–Kier alpha value is -0.640. The van der Waals surface area contributed by atoms with Crippen LogP contribution in [0.15, 0.2) is 0 Å². The number of nitrogens with one attached hydrogen (secondary N) is 1. The minimum Gasteiger partial charge on any atom is -0.202 e. The van der Waals surface area contributed by atoms with Gasteiger partial charge >= 0.3 is 0 Å². The zero-order valence-corrected chi connectivity index (χ0v) is 10.3. The Labute approximate surface area is 92.3 Å². The molecular formula is C9H19N3O2S. The first-order valence-corrected chi connectivity index (χ1v) is 6.49. The van der Waals surface area contributed by atoms with Gasteiger partial charge in [-0.25, -0.2) is 4.72 Å². The quantitative estimate of drug-likeness (QED) is 0.704. The average Bonchev–Trinajstić information content (AvgIpc) is 2.16. The number of nitrogens with zero attached hydrogens (tertiary/aromatic N) is 2. The highest BCUT2D eigenvalue weighted by molar-refractivity contribution is 7.87. The van der Waals surface area contributed by atoms with Crippen molar-refractivity contribution in [2.75, 3.05) is 19.6 Å². The highest BCUT2D eigenvalue weighted by Gasteiger charge is 2.19. The number of rotatable bonds is 7. The summed E-state index contributed by atoms with van der Waals surface area (Å²) >= 11 is 0. The molecule has 0 aromatic rings. The molecule has 0 aliphatic carbocycles. The molecule has 6 heteroatoms. The minimum atomic E-state index is -3.41. The van der Waals surface area contributed by atoms with E-state index in [-0.39, 0.29) is 18.9 Å². The Morgan fingerprint density at radius 1 is 1.47 bits per heavy atom. The highest BCUT2D eigenvalue weighted by atomic mass is 32.2. The normalized spacial score (nSPS) is 12.0. The molecule has 0 aliphatic rings. The van der Waals surface area contributed by atoms with Gasteiger partial charge in [0.2, 0.25) is 0 Å². The van der Waals surface area contributed by atoms with Crippen molar-refractivity contribution in [3.8, 4) is 6.07 Å². The maximum Gasteiger partial charge on any atom is 0.279 e. The van der Waals surface area contributed by atoms with Crippen molar-refractivity contribution >= 4 is 10.2 Å². The van der Waals surface area contributed by atoms with E-state index in [1.807, 2.05) is 19.9 Å². The van der Waals surface area contributed by atoms with Crippen LogP contribution >= 0.6 is 0 Å². The third-order valence-electron chi connectivity index (χ3n) is 1.84. The van der Waals surface area contributed by atoms with E-state index in [9.17, 15) is 8.42 Å². The lowest BCUT2D eigenvalue weighted by Gasteiger charge is -2.20. The average molecular weight is 233 g/mol. The first-order chi connectivity index (χ1) is 6.94. The van der Waals surface area contributed by atoms with Crippen molar-refractivity contribution in [2.45, 2.75) is 27.2 Å². The summed E-state index contributed by atoms with van der Waals surface area (Å²) in [5, 5.41) is 8.40. The second kappa shape index (κ2) is 6.77. The van der Waals surface area contributed by atoms with Gasteiger partial charge in [-0.3, -0.25) is 0 Å². The predicted octanol–water partition coefficient (Wildman–Crippen LogP) is 0.712. The highest BCUT2D eigenvalue weighted by Crippen LogP contribution is 2.00.